The van der Waals surface area contributed by atoms with Crippen molar-refractivity contribution in [1.82, 2.24) is 0 Å². The van der Waals surface area contributed by atoms with Gasteiger partial charge in [0.15, 0.2) is 26.4 Å². The first-order valence-electron chi connectivity index (χ1n) is 18.9. The van der Waals surface area contributed by atoms with E-state index in [4.69, 9.17) is 17.3 Å². The topological polar surface area (TPSA) is 310 Å². The van der Waals surface area contributed by atoms with E-state index < -0.39 is 108 Å². The van der Waals surface area contributed by atoms with E-state index in [2.05, 4.69) is 14.9 Å². The molecule has 0 aliphatic carbocycles. The first-order chi connectivity index (χ1) is 31.0. The number of unbranched alkanes of at least 4 members (excludes halogenated alkanes) is 2. The Morgan fingerprint density at radius 1 is 0.523 bits per heavy atom. The van der Waals surface area contributed by atoms with Crippen LogP contribution in [0.4, 0.5) is 17.1 Å². The van der Waals surface area contributed by atoms with Crippen LogP contribution in [-0.4, -0.2) is 37.8 Å². The molecule has 7 aromatic carbocycles. The van der Waals surface area contributed by atoms with Gasteiger partial charge in [0.1, 0.15) is 14.7 Å². The van der Waals surface area contributed by atoms with Crippen LogP contribution in [0, 0.1) is 16.2 Å². The SMILES string of the molecule is CCCCCOC(=O)c1cc(OS(=O)(=O)c2cccc3c([O-])c([N+]#N)ccc23)c(OS(=O)(=O)c2cccc3c([O-])c([N+]#N)ccc23)c(OS(=O)(=O)c2cccc3c([O-])c([N+]#N)ccc23)c1. The van der Waals surface area contributed by atoms with E-state index in [9.17, 15) is 61.5 Å². The summed E-state index contributed by atoms with van der Waals surface area (Å²) in [6.07, 6.45) is 1.73. The van der Waals surface area contributed by atoms with Crippen LogP contribution in [0.15, 0.2) is 118 Å². The van der Waals surface area contributed by atoms with Crippen molar-refractivity contribution in [2.24, 2.45) is 0 Å². The molecular weight excluding hydrogens is 909 g/mol. The van der Waals surface area contributed by atoms with Crippen LogP contribution >= 0.6 is 0 Å². The summed E-state index contributed by atoms with van der Waals surface area (Å²) in [7, 11) is -15.9. The van der Waals surface area contributed by atoms with E-state index in [1.54, 1.807) is 0 Å². The predicted molar refractivity (Wildman–Crippen MR) is 224 cm³/mol. The number of rotatable bonds is 14. The Balaban J connectivity index is 1.48. The summed E-state index contributed by atoms with van der Waals surface area (Å²) in [6, 6.07) is 17.7. The van der Waals surface area contributed by atoms with Crippen molar-refractivity contribution in [1.29, 1.82) is 16.2 Å². The Kier molecular flexibility index (Phi) is 12.0. The van der Waals surface area contributed by atoms with Gasteiger partial charge in [-0.1, -0.05) is 56.2 Å². The molecular formula is C42H28N6O14S3. The smallest absolute Gasteiger partial charge is 0.378 e. The van der Waals surface area contributed by atoms with Crippen molar-refractivity contribution < 1.29 is 62.7 Å². The molecule has 7 rings (SSSR count). The van der Waals surface area contributed by atoms with E-state index in [0.717, 1.165) is 79.2 Å². The summed E-state index contributed by atoms with van der Waals surface area (Å²) < 4.78 is 108. The van der Waals surface area contributed by atoms with Crippen LogP contribution < -0.4 is 27.9 Å². The summed E-state index contributed by atoms with van der Waals surface area (Å²) in [5.41, 5.74) is -1.98. The van der Waals surface area contributed by atoms with Gasteiger partial charge in [-0.25, -0.2) is 4.79 Å². The fourth-order valence-corrected chi connectivity index (χ4v) is 10.2. The van der Waals surface area contributed by atoms with Gasteiger partial charge in [-0.2, -0.15) is 25.3 Å². The van der Waals surface area contributed by atoms with E-state index in [1.807, 2.05) is 6.92 Å². The predicted octanol–water partition coefficient (Wildman–Crippen LogP) is 7.47. The minimum Gasteiger partial charge on any atom is -0.867 e. The van der Waals surface area contributed by atoms with E-state index in [-0.39, 0.29) is 38.9 Å². The summed E-state index contributed by atoms with van der Waals surface area (Å²) >= 11 is 0. The Labute approximate surface area is 368 Å². The van der Waals surface area contributed by atoms with Gasteiger partial charge in [0.05, 0.1) is 12.2 Å². The highest BCUT2D eigenvalue weighted by Gasteiger charge is 2.34. The second kappa shape index (κ2) is 17.5. The molecule has 0 atom stereocenters. The lowest BCUT2D eigenvalue weighted by Crippen LogP contribution is -2.18. The molecule has 328 valence electrons. The molecule has 0 bridgehead atoms. The fraction of sp³-hybridized carbons (Fsp3) is 0.119. The third-order valence-electron chi connectivity index (χ3n) is 9.81. The molecule has 0 amide bonds. The van der Waals surface area contributed by atoms with Crippen molar-refractivity contribution in [3.8, 4) is 34.5 Å². The zero-order valence-electron chi connectivity index (χ0n) is 33.3. The van der Waals surface area contributed by atoms with Crippen LogP contribution in [0.3, 0.4) is 0 Å². The van der Waals surface area contributed by atoms with Gasteiger partial charge in [0.2, 0.25) is 21.9 Å². The molecule has 0 aliphatic rings. The zero-order valence-corrected chi connectivity index (χ0v) is 35.7. The van der Waals surface area contributed by atoms with Crippen LogP contribution in [0.5, 0.6) is 34.5 Å². The molecule has 7 aromatic rings. The molecule has 65 heavy (non-hydrogen) atoms. The molecule has 0 saturated carbocycles. The van der Waals surface area contributed by atoms with Gasteiger partial charge in [-0.05, 0) is 76.2 Å². The molecule has 0 aromatic heterocycles. The quantitative estimate of drug-likeness (QED) is 0.0441. The summed E-state index contributed by atoms with van der Waals surface area (Å²) in [6.45, 7) is 1.72. The van der Waals surface area contributed by atoms with Gasteiger partial charge in [-0.3, -0.25) is 0 Å². The van der Waals surface area contributed by atoms with E-state index in [0.29, 0.717) is 25.0 Å². The summed E-state index contributed by atoms with van der Waals surface area (Å²) in [5.74, 6) is -7.51. The zero-order chi connectivity index (χ0) is 46.8. The lowest BCUT2D eigenvalue weighted by molar-refractivity contribution is -0.265. The Hall–Kier alpha value is -8.30. The molecule has 23 heteroatoms. The lowest BCUT2D eigenvalue weighted by atomic mass is 10.1. The minimum atomic E-state index is -5.36. The lowest BCUT2D eigenvalue weighted by Gasteiger charge is -2.19. The number of carbonyl (C=O) groups is 1. The number of hydrogen-bond acceptors (Lipinski definition) is 17. The fourth-order valence-electron chi connectivity index (χ4n) is 6.74. The molecule has 0 radical (unpaired) electrons. The normalized spacial score (nSPS) is 11.7. The van der Waals surface area contributed by atoms with Crippen molar-refractivity contribution >= 4 is 85.7 Å². The van der Waals surface area contributed by atoms with Gasteiger partial charge in [0, 0.05) is 46.5 Å². The van der Waals surface area contributed by atoms with Gasteiger partial charge in [0.25, 0.3) is 0 Å². The van der Waals surface area contributed by atoms with Crippen LogP contribution in [0.1, 0.15) is 36.5 Å². The maximum Gasteiger partial charge on any atom is 0.378 e. The van der Waals surface area contributed by atoms with E-state index in [1.165, 1.54) is 18.2 Å². The molecule has 0 N–H and O–H groups in total. The summed E-state index contributed by atoms with van der Waals surface area (Å²) in [4.78, 5) is 20.1. The van der Waals surface area contributed by atoms with Crippen molar-refractivity contribution in [3.63, 3.8) is 0 Å². The highest BCUT2D eigenvalue weighted by atomic mass is 32.2. The van der Waals surface area contributed by atoms with Gasteiger partial charge < -0.3 is 32.6 Å². The monoisotopic (exact) mass is 936 g/mol. The molecule has 0 saturated heterocycles. The minimum absolute atomic E-state index is 0.165. The number of fused-ring (bicyclic) bond motifs is 3. The average molecular weight is 937 g/mol. The largest absolute Gasteiger partial charge is 0.867 e. The number of benzene rings is 7. The maximum absolute atomic E-state index is 14.4. The highest BCUT2D eigenvalue weighted by molar-refractivity contribution is 7.88. The Morgan fingerprint density at radius 3 is 1.25 bits per heavy atom. The average Bonchev–Trinajstić information content (AvgIpc) is 3.28. The van der Waals surface area contributed by atoms with Crippen LogP contribution in [-0.2, 0) is 35.1 Å². The van der Waals surface area contributed by atoms with Crippen LogP contribution in [0.2, 0.25) is 0 Å². The number of diazo groups is 3. The van der Waals surface area contributed by atoms with Crippen molar-refractivity contribution in [3.05, 3.63) is 124 Å². The molecule has 20 nitrogen and oxygen atoms in total. The standard InChI is InChI=1S/C42H28N6O14S3/c1-2-3-4-20-59-42(52)23-21-33(60-63(53,54)35-11-5-8-27-24(35)14-17-30(46-43)38(27)49)41(62-65(57,58)37-13-7-10-29-26(37)16-19-32(48-45)40(29)51)34(22-23)61-64(55,56)36-12-6-9-28-25(36)15-18-31(47-44)39(28)50/h5-19,21-22H,2-4,20H2,1H3. The first-order valence-corrected chi connectivity index (χ1v) is 23.1. The number of ether oxygens (including phenoxy) is 1. The van der Waals surface area contributed by atoms with Crippen molar-refractivity contribution in [2.75, 3.05) is 6.61 Å². The molecule has 0 aliphatic heterocycles. The second-order valence-corrected chi connectivity index (χ2v) is 18.4. The number of nitrogens with zero attached hydrogens (tertiary/aromatic N) is 6. The van der Waals surface area contributed by atoms with Crippen LogP contribution in [0.25, 0.3) is 47.2 Å². The number of hydrogen-bond donors (Lipinski definition) is 0. The van der Waals surface area contributed by atoms with E-state index >= 15 is 0 Å². The Bertz CT molecular complexity index is 3470. The number of esters is 1. The first kappa shape index (κ1) is 44.7. The number of carbonyl (C=O) groups excluding carboxylic acids is 1. The second-order valence-electron chi connectivity index (χ2n) is 13.9. The molecule has 0 spiro atoms. The van der Waals surface area contributed by atoms with Gasteiger partial charge in [-0.15, -0.1) is 0 Å². The maximum atomic E-state index is 14.4. The third kappa shape index (κ3) is 8.47. The molecule has 0 heterocycles. The highest BCUT2D eigenvalue weighted by Crippen LogP contribution is 2.46. The third-order valence-corrected chi connectivity index (χ3v) is 13.7. The van der Waals surface area contributed by atoms with Gasteiger partial charge >= 0.3 is 53.4 Å². The molecule has 0 fully saturated rings. The molecule has 0 unspecified atom stereocenters. The Morgan fingerprint density at radius 2 is 0.892 bits per heavy atom. The van der Waals surface area contributed by atoms with Crippen molar-refractivity contribution in [2.45, 2.75) is 40.9 Å². The summed E-state index contributed by atoms with van der Waals surface area (Å²) in [5, 5.41) is 65.3.